The Bertz CT molecular complexity index is 1630. The van der Waals surface area contributed by atoms with Crippen LogP contribution in [0.2, 0.25) is 0 Å². The second kappa shape index (κ2) is 13.0. The molecule has 0 bridgehead atoms. The van der Waals surface area contributed by atoms with Crippen LogP contribution in [0.25, 0.3) is 17.2 Å². The summed E-state index contributed by atoms with van der Waals surface area (Å²) in [5.41, 5.74) is 7.74. The molecule has 5 heteroatoms. The molecule has 43 heavy (non-hydrogen) atoms. The zero-order chi connectivity index (χ0) is 29.5. The van der Waals surface area contributed by atoms with Crippen LogP contribution in [0.15, 0.2) is 127 Å². The van der Waals surface area contributed by atoms with Crippen molar-refractivity contribution >= 4 is 6.08 Å². The molecule has 0 aliphatic heterocycles. The van der Waals surface area contributed by atoms with Crippen molar-refractivity contribution in [3.63, 3.8) is 0 Å². The lowest BCUT2D eigenvalue weighted by Gasteiger charge is -2.34. The minimum absolute atomic E-state index is 0.0228. The number of aromatic hydroxyl groups is 1. The number of aliphatic hydroxyl groups is 1. The molecule has 1 aliphatic rings. The van der Waals surface area contributed by atoms with E-state index in [4.69, 9.17) is 14.2 Å². The summed E-state index contributed by atoms with van der Waals surface area (Å²) in [5, 5.41) is 18.6. The van der Waals surface area contributed by atoms with Crippen LogP contribution in [-0.2, 0) is 10.2 Å². The third-order valence-electron chi connectivity index (χ3n) is 7.80. The van der Waals surface area contributed by atoms with Crippen LogP contribution in [0.1, 0.15) is 27.8 Å². The van der Waals surface area contributed by atoms with Crippen molar-refractivity contribution in [1.29, 1.82) is 0 Å². The summed E-state index contributed by atoms with van der Waals surface area (Å²) in [7, 11) is 0. The molecule has 0 heterocycles. The third-order valence-corrected chi connectivity index (χ3v) is 7.80. The van der Waals surface area contributed by atoms with Crippen LogP contribution < -0.4 is 9.47 Å². The van der Waals surface area contributed by atoms with Gasteiger partial charge in [-0.25, -0.2) is 0 Å². The Labute approximate surface area is 252 Å². The predicted octanol–water partition coefficient (Wildman–Crippen LogP) is 7.24. The molecular formula is C38H34O5. The van der Waals surface area contributed by atoms with Crippen molar-refractivity contribution < 1.29 is 24.4 Å². The summed E-state index contributed by atoms with van der Waals surface area (Å²) in [6.45, 7) is 1.63. The van der Waals surface area contributed by atoms with Gasteiger partial charge in [-0.1, -0.05) is 97.1 Å². The topological polar surface area (TPSA) is 68.2 Å². The molecule has 2 N–H and O–H groups in total. The van der Waals surface area contributed by atoms with Gasteiger partial charge >= 0.3 is 0 Å². The molecule has 6 rings (SSSR count). The number of phenolic OH excluding ortho intramolecular Hbond substituents is 1. The Kier molecular flexibility index (Phi) is 8.55. The predicted molar refractivity (Wildman–Crippen MR) is 170 cm³/mol. The number of benzene rings is 5. The first-order chi connectivity index (χ1) is 21.2. The Morgan fingerprint density at radius 3 is 1.67 bits per heavy atom. The average molecular weight is 571 g/mol. The van der Waals surface area contributed by atoms with Crippen LogP contribution >= 0.6 is 0 Å². The SMILES string of the molecule is OCCOc1ccc(C2(c3ccc(OCCOCC=Cc4ccc(O)cc4)cc3)c3ccccc3-c3ccccc32)cc1. The van der Waals surface area contributed by atoms with E-state index in [1.807, 2.05) is 48.6 Å². The molecule has 0 saturated carbocycles. The highest BCUT2D eigenvalue weighted by molar-refractivity contribution is 5.86. The number of hydrogen-bond donors (Lipinski definition) is 2. The Hall–Kier alpha value is -4.84. The van der Waals surface area contributed by atoms with Crippen molar-refractivity contribution in [1.82, 2.24) is 0 Å². The zero-order valence-corrected chi connectivity index (χ0v) is 23.9. The van der Waals surface area contributed by atoms with Gasteiger partial charge in [-0.2, -0.15) is 0 Å². The van der Waals surface area contributed by atoms with E-state index in [0.717, 1.165) is 28.2 Å². The summed E-state index contributed by atoms with van der Waals surface area (Å²) >= 11 is 0. The molecule has 216 valence electrons. The lowest BCUT2D eigenvalue weighted by Crippen LogP contribution is -2.28. The van der Waals surface area contributed by atoms with E-state index < -0.39 is 5.41 Å². The minimum atomic E-state index is -0.506. The monoisotopic (exact) mass is 570 g/mol. The highest BCUT2D eigenvalue weighted by Crippen LogP contribution is 2.56. The first-order valence-electron chi connectivity index (χ1n) is 14.5. The highest BCUT2D eigenvalue weighted by Gasteiger charge is 2.45. The fraction of sp³-hybridized carbons (Fsp3) is 0.158. The van der Waals surface area contributed by atoms with E-state index in [9.17, 15) is 10.2 Å². The van der Waals surface area contributed by atoms with E-state index in [2.05, 4.69) is 72.8 Å². The molecule has 0 saturated heterocycles. The van der Waals surface area contributed by atoms with Gasteiger partial charge in [0.2, 0.25) is 0 Å². The molecule has 5 nitrogen and oxygen atoms in total. The first kappa shape index (κ1) is 28.3. The second-order valence-corrected chi connectivity index (χ2v) is 10.4. The normalized spacial score (nSPS) is 13.0. The van der Waals surface area contributed by atoms with Gasteiger partial charge in [-0.3, -0.25) is 0 Å². The number of fused-ring (bicyclic) bond motifs is 3. The third kappa shape index (κ3) is 5.78. The van der Waals surface area contributed by atoms with Gasteiger partial charge in [0, 0.05) is 0 Å². The summed E-state index contributed by atoms with van der Waals surface area (Å²) < 4.78 is 17.4. The fourth-order valence-electron chi connectivity index (χ4n) is 5.93. The second-order valence-electron chi connectivity index (χ2n) is 10.4. The van der Waals surface area contributed by atoms with E-state index in [1.165, 1.54) is 22.3 Å². The van der Waals surface area contributed by atoms with Crippen LogP contribution in [0.3, 0.4) is 0 Å². The summed E-state index contributed by atoms with van der Waals surface area (Å²) in [6.07, 6.45) is 3.91. The molecule has 0 amide bonds. The van der Waals surface area contributed by atoms with Crippen LogP contribution in [-0.4, -0.2) is 43.2 Å². The molecule has 5 aromatic rings. The van der Waals surface area contributed by atoms with Crippen molar-refractivity contribution in [3.8, 4) is 28.4 Å². The molecule has 0 aromatic heterocycles. The molecular weight excluding hydrogens is 536 g/mol. The summed E-state index contributed by atoms with van der Waals surface area (Å²) in [6, 6.07) is 40.9. The lowest BCUT2D eigenvalue weighted by atomic mass is 9.68. The highest BCUT2D eigenvalue weighted by atomic mass is 16.5. The van der Waals surface area contributed by atoms with Gasteiger partial charge in [0.05, 0.1) is 25.2 Å². The van der Waals surface area contributed by atoms with Gasteiger partial charge in [-0.15, -0.1) is 0 Å². The van der Waals surface area contributed by atoms with Gasteiger partial charge < -0.3 is 24.4 Å². The van der Waals surface area contributed by atoms with Gasteiger partial charge in [0.1, 0.15) is 30.5 Å². The van der Waals surface area contributed by atoms with E-state index >= 15 is 0 Å². The maximum Gasteiger partial charge on any atom is 0.119 e. The molecule has 0 unspecified atom stereocenters. The molecule has 1 aliphatic carbocycles. The number of ether oxygens (including phenoxy) is 3. The van der Waals surface area contributed by atoms with E-state index in [-0.39, 0.29) is 19.0 Å². The Morgan fingerprint density at radius 2 is 1.12 bits per heavy atom. The number of phenols is 1. The van der Waals surface area contributed by atoms with Gasteiger partial charge in [-0.05, 0) is 75.3 Å². The summed E-state index contributed by atoms with van der Waals surface area (Å²) in [5.74, 6) is 1.77. The van der Waals surface area contributed by atoms with E-state index in [0.29, 0.717) is 19.8 Å². The lowest BCUT2D eigenvalue weighted by molar-refractivity contribution is 0.121. The number of aliphatic hydroxyl groups excluding tert-OH is 1. The van der Waals surface area contributed by atoms with Crippen molar-refractivity contribution in [2.75, 3.05) is 33.0 Å². The largest absolute Gasteiger partial charge is 0.508 e. The Balaban J connectivity index is 1.21. The van der Waals surface area contributed by atoms with E-state index in [1.54, 1.807) is 12.1 Å². The summed E-state index contributed by atoms with van der Waals surface area (Å²) in [4.78, 5) is 0. The van der Waals surface area contributed by atoms with Gasteiger partial charge in [0.25, 0.3) is 0 Å². The quantitative estimate of drug-likeness (QED) is 0.152. The first-order valence-corrected chi connectivity index (χ1v) is 14.5. The van der Waals surface area contributed by atoms with Crippen LogP contribution in [0, 0.1) is 0 Å². The maximum atomic E-state index is 9.39. The molecule has 5 aromatic carbocycles. The van der Waals surface area contributed by atoms with Crippen LogP contribution in [0.4, 0.5) is 0 Å². The Morgan fingerprint density at radius 1 is 0.581 bits per heavy atom. The fourth-order valence-corrected chi connectivity index (χ4v) is 5.93. The molecule has 0 radical (unpaired) electrons. The molecule has 0 atom stereocenters. The van der Waals surface area contributed by atoms with Crippen molar-refractivity contribution in [3.05, 3.63) is 155 Å². The zero-order valence-electron chi connectivity index (χ0n) is 23.9. The van der Waals surface area contributed by atoms with Crippen molar-refractivity contribution in [2.45, 2.75) is 5.41 Å². The molecule has 0 spiro atoms. The maximum absolute atomic E-state index is 9.39. The molecule has 0 fully saturated rings. The minimum Gasteiger partial charge on any atom is -0.508 e. The number of rotatable bonds is 12. The number of hydrogen-bond acceptors (Lipinski definition) is 5. The standard InChI is InChI=1S/C38H34O5/c39-23-25-42-32-19-13-29(14-20-32)38(36-9-3-1-7-34(36)35-8-2-4-10-37(35)38)30-15-21-33(22-16-30)43-27-26-41-24-5-6-28-11-17-31(40)18-12-28/h1-22,39-40H,23-27H2. The smallest absolute Gasteiger partial charge is 0.119 e. The van der Waals surface area contributed by atoms with Crippen LogP contribution in [0.5, 0.6) is 17.2 Å². The average Bonchev–Trinajstić information content (AvgIpc) is 3.36. The van der Waals surface area contributed by atoms with Crippen molar-refractivity contribution in [2.24, 2.45) is 0 Å². The van der Waals surface area contributed by atoms with Gasteiger partial charge in [0.15, 0.2) is 0 Å².